The number of pyridine rings is 1. The van der Waals surface area contributed by atoms with Gasteiger partial charge in [0.1, 0.15) is 0 Å². The predicted octanol–water partition coefficient (Wildman–Crippen LogP) is 5.85. The fourth-order valence-electron chi connectivity index (χ4n) is 3.25. The summed E-state index contributed by atoms with van der Waals surface area (Å²) in [6.07, 6.45) is 5.67. The van der Waals surface area contributed by atoms with Gasteiger partial charge in [0.05, 0.1) is 21.7 Å². The minimum absolute atomic E-state index is 0.0389. The highest BCUT2D eigenvalue weighted by Crippen LogP contribution is 2.32. The molecule has 0 unspecified atom stereocenters. The average Bonchev–Trinajstić information content (AvgIpc) is 3.24. The molecule has 0 spiro atoms. The lowest BCUT2D eigenvalue weighted by molar-refractivity contribution is -0.118. The van der Waals surface area contributed by atoms with E-state index in [2.05, 4.69) is 9.97 Å². The van der Waals surface area contributed by atoms with Crippen molar-refractivity contribution in [2.24, 2.45) is 0 Å². The van der Waals surface area contributed by atoms with Crippen LogP contribution in [0.3, 0.4) is 0 Å². The number of hydrogen-bond donors (Lipinski definition) is 0. The Morgan fingerprint density at radius 3 is 2.65 bits per heavy atom. The lowest BCUT2D eigenvalue weighted by Gasteiger charge is -2.20. The van der Waals surface area contributed by atoms with Crippen molar-refractivity contribution in [1.29, 1.82) is 0 Å². The molecule has 4 rings (SSSR count). The van der Waals surface area contributed by atoms with Crippen LogP contribution in [0.25, 0.3) is 10.2 Å². The number of carbonyl (C=O) groups excluding carboxylic acids is 1. The van der Waals surface area contributed by atoms with Gasteiger partial charge in [-0.25, -0.2) is 13.4 Å². The quantitative estimate of drug-likeness (QED) is 0.199. The van der Waals surface area contributed by atoms with Crippen LogP contribution in [0.4, 0.5) is 5.13 Å². The van der Waals surface area contributed by atoms with E-state index in [1.165, 1.54) is 17.6 Å². The smallest absolute Gasteiger partial charge is 0.229 e. The molecule has 0 aliphatic heterocycles. The number of carbonyl (C=O) groups is 1. The molecule has 0 saturated heterocycles. The molecule has 1 amide bonds. The molecule has 10 heteroatoms. The van der Waals surface area contributed by atoms with E-state index in [9.17, 15) is 13.2 Å². The Kier molecular flexibility index (Phi) is 7.88. The lowest BCUT2D eigenvalue weighted by atomic mass is 10.2. The highest BCUT2D eigenvalue weighted by Gasteiger charge is 2.21. The largest absolute Gasteiger partial charge is 0.284 e. The van der Waals surface area contributed by atoms with Crippen LogP contribution >= 0.6 is 34.7 Å². The molecular weight excluding hydrogens is 510 g/mol. The van der Waals surface area contributed by atoms with Gasteiger partial charge in [-0.05, 0) is 66.3 Å². The summed E-state index contributed by atoms with van der Waals surface area (Å²) >= 11 is 8.93. The summed E-state index contributed by atoms with van der Waals surface area (Å²) < 4.78 is 24.6. The third-order valence-corrected chi connectivity index (χ3v) is 8.49. The Morgan fingerprint density at radius 2 is 1.94 bits per heavy atom. The fraction of sp³-hybridized carbons (Fsp3) is 0.208. The van der Waals surface area contributed by atoms with E-state index in [1.807, 2.05) is 36.4 Å². The van der Waals surface area contributed by atoms with Crippen LogP contribution in [0.2, 0.25) is 5.02 Å². The first kappa shape index (κ1) is 24.7. The van der Waals surface area contributed by atoms with Crippen LogP contribution in [0.5, 0.6) is 0 Å². The number of rotatable bonds is 9. The van der Waals surface area contributed by atoms with Gasteiger partial charge in [0, 0.05) is 35.0 Å². The minimum Gasteiger partial charge on any atom is -0.284 e. The molecule has 0 aliphatic rings. The van der Waals surface area contributed by atoms with Gasteiger partial charge in [-0.3, -0.25) is 14.7 Å². The Bertz CT molecular complexity index is 1390. The third kappa shape index (κ3) is 6.35. The normalized spacial score (nSPS) is 11.6. The molecule has 0 radical (unpaired) electrons. The van der Waals surface area contributed by atoms with E-state index in [0.717, 1.165) is 20.9 Å². The Balaban J connectivity index is 1.51. The van der Waals surface area contributed by atoms with Crippen molar-refractivity contribution in [3.8, 4) is 0 Å². The maximum Gasteiger partial charge on any atom is 0.229 e. The fourth-order valence-corrected chi connectivity index (χ4v) is 5.98. The minimum atomic E-state index is -3.33. The second kappa shape index (κ2) is 10.9. The number of halogens is 1. The molecule has 6 nitrogen and oxygen atoms in total. The number of thioether (sulfide) groups is 1. The predicted molar refractivity (Wildman–Crippen MR) is 140 cm³/mol. The Morgan fingerprint density at radius 1 is 1.15 bits per heavy atom. The van der Waals surface area contributed by atoms with Gasteiger partial charge < -0.3 is 0 Å². The van der Waals surface area contributed by atoms with Crippen molar-refractivity contribution >= 4 is 65.8 Å². The highest BCUT2D eigenvalue weighted by atomic mass is 35.5. The molecule has 2 aromatic heterocycles. The summed E-state index contributed by atoms with van der Waals surface area (Å²) in [7, 11) is -3.33. The summed E-state index contributed by atoms with van der Waals surface area (Å²) in [6.45, 7) is 0.343. The number of anilines is 1. The number of thiazole rings is 1. The molecule has 2 heterocycles. The van der Waals surface area contributed by atoms with Crippen LogP contribution in [0.15, 0.2) is 76.8 Å². The summed E-state index contributed by atoms with van der Waals surface area (Å²) in [5.74, 6) is 0.758. The monoisotopic (exact) mass is 531 g/mol. The maximum absolute atomic E-state index is 13.3. The Labute approximate surface area is 211 Å². The van der Waals surface area contributed by atoms with E-state index in [4.69, 9.17) is 11.6 Å². The molecule has 0 saturated carbocycles. The SMILES string of the molecule is CS(=O)(=O)c1ccc2nc(N(Cc3cccnc3)C(=O)CCCSc3ccc(Cl)cc3)sc2c1. The molecular formula is C24H22ClN3O3S3. The molecule has 4 aromatic rings. The van der Waals surface area contributed by atoms with Crippen LogP contribution < -0.4 is 4.90 Å². The second-order valence-electron chi connectivity index (χ2n) is 7.65. The first-order valence-corrected chi connectivity index (χ1v) is 14.5. The lowest BCUT2D eigenvalue weighted by Crippen LogP contribution is -2.30. The van der Waals surface area contributed by atoms with E-state index >= 15 is 0 Å². The summed E-state index contributed by atoms with van der Waals surface area (Å²) in [6, 6.07) is 16.2. The molecule has 34 heavy (non-hydrogen) atoms. The first-order chi connectivity index (χ1) is 16.3. The van der Waals surface area contributed by atoms with Crippen molar-refractivity contribution in [2.75, 3.05) is 16.9 Å². The van der Waals surface area contributed by atoms with Gasteiger partial charge in [-0.15, -0.1) is 11.8 Å². The van der Waals surface area contributed by atoms with Gasteiger partial charge >= 0.3 is 0 Å². The number of aromatic nitrogens is 2. The molecule has 176 valence electrons. The summed E-state index contributed by atoms with van der Waals surface area (Å²) in [5, 5.41) is 1.24. The molecule has 0 aliphatic carbocycles. The van der Waals surface area contributed by atoms with Gasteiger partial charge in [-0.1, -0.05) is 29.0 Å². The molecule has 2 aromatic carbocycles. The van der Waals surface area contributed by atoms with Crippen LogP contribution in [-0.2, 0) is 21.2 Å². The maximum atomic E-state index is 13.3. The molecule has 0 fully saturated rings. The number of hydrogen-bond acceptors (Lipinski definition) is 7. The highest BCUT2D eigenvalue weighted by molar-refractivity contribution is 7.99. The zero-order chi connectivity index (χ0) is 24.1. The average molecular weight is 532 g/mol. The van der Waals surface area contributed by atoms with E-state index < -0.39 is 9.84 Å². The second-order valence-corrected chi connectivity index (χ2v) is 12.3. The number of sulfone groups is 1. The Hall–Kier alpha value is -2.46. The molecule has 0 bridgehead atoms. The van der Waals surface area contributed by atoms with Gasteiger partial charge in [0.2, 0.25) is 5.91 Å². The molecule has 0 atom stereocenters. The topological polar surface area (TPSA) is 80.2 Å². The van der Waals surface area contributed by atoms with E-state index in [-0.39, 0.29) is 10.8 Å². The zero-order valence-corrected chi connectivity index (χ0v) is 21.6. The van der Waals surface area contributed by atoms with Gasteiger partial charge in [-0.2, -0.15) is 0 Å². The summed E-state index contributed by atoms with van der Waals surface area (Å²) in [4.78, 5) is 25.0. The van der Waals surface area contributed by atoms with Crippen molar-refractivity contribution in [1.82, 2.24) is 9.97 Å². The van der Waals surface area contributed by atoms with Crippen molar-refractivity contribution < 1.29 is 13.2 Å². The van der Waals surface area contributed by atoms with Gasteiger partial charge in [0.15, 0.2) is 15.0 Å². The van der Waals surface area contributed by atoms with Crippen molar-refractivity contribution in [3.63, 3.8) is 0 Å². The van der Waals surface area contributed by atoms with Crippen molar-refractivity contribution in [2.45, 2.75) is 29.2 Å². The van der Waals surface area contributed by atoms with Crippen molar-refractivity contribution in [3.05, 3.63) is 77.6 Å². The third-order valence-electron chi connectivity index (χ3n) is 4.99. The van der Waals surface area contributed by atoms with Crippen LogP contribution in [-0.4, -0.2) is 36.3 Å². The first-order valence-electron chi connectivity index (χ1n) is 10.5. The van der Waals surface area contributed by atoms with E-state index in [1.54, 1.807) is 47.3 Å². The van der Waals surface area contributed by atoms with Crippen LogP contribution in [0, 0.1) is 0 Å². The zero-order valence-electron chi connectivity index (χ0n) is 18.3. The number of nitrogens with zero attached hydrogens (tertiary/aromatic N) is 3. The van der Waals surface area contributed by atoms with Gasteiger partial charge in [0.25, 0.3) is 0 Å². The number of fused-ring (bicyclic) bond motifs is 1. The van der Waals surface area contributed by atoms with E-state index in [0.29, 0.717) is 35.1 Å². The number of amides is 1. The van der Waals surface area contributed by atoms with Crippen LogP contribution in [0.1, 0.15) is 18.4 Å². The summed E-state index contributed by atoms with van der Waals surface area (Å²) in [5.41, 5.74) is 1.55. The number of benzene rings is 2. The standard InChI is InChI=1S/C24H22ClN3O3S3/c1-34(30,31)20-10-11-21-22(14-20)33-24(27-21)28(16-17-4-2-12-26-15-17)23(29)5-3-13-32-19-8-6-18(25)7-9-19/h2,4,6-12,14-15H,3,5,13,16H2,1H3. The molecule has 0 N–H and O–H groups in total.